The SMILES string of the molecule is O=C(CC1CCNCC1)Nc1cncc(-c2cc3c(-c4nc5c(-c6ccsc6)ccnc5[nH]4)n[nH]c3cn2)c1. The summed E-state index contributed by atoms with van der Waals surface area (Å²) in [4.78, 5) is 34.3. The van der Waals surface area contributed by atoms with Crippen LogP contribution in [0.4, 0.5) is 5.69 Å². The van der Waals surface area contributed by atoms with Gasteiger partial charge in [-0.05, 0) is 72.4 Å². The number of carbonyl (C=O) groups excluding carboxylic acids is 1. The van der Waals surface area contributed by atoms with Crippen LogP contribution in [0.3, 0.4) is 0 Å². The molecule has 1 saturated heterocycles. The number of rotatable bonds is 6. The van der Waals surface area contributed by atoms with Gasteiger partial charge in [0.2, 0.25) is 5.91 Å². The first-order valence-electron chi connectivity index (χ1n) is 12.9. The van der Waals surface area contributed by atoms with E-state index in [1.807, 2.05) is 18.2 Å². The van der Waals surface area contributed by atoms with Crippen molar-refractivity contribution in [1.82, 2.24) is 40.4 Å². The van der Waals surface area contributed by atoms with E-state index in [4.69, 9.17) is 4.98 Å². The van der Waals surface area contributed by atoms with Gasteiger partial charge in [0.25, 0.3) is 0 Å². The molecule has 6 aromatic rings. The zero-order chi connectivity index (χ0) is 26.2. The van der Waals surface area contributed by atoms with Gasteiger partial charge in [-0.3, -0.25) is 19.9 Å². The van der Waals surface area contributed by atoms with Gasteiger partial charge in [0.1, 0.15) is 11.2 Å². The van der Waals surface area contributed by atoms with Crippen molar-refractivity contribution >= 4 is 45.0 Å². The Morgan fingerprint density at radius 3 is 2.87 bits per heavy atom. The largest absolute Gasteiger partial charge is 0.325 e. The lowest BCUT2D eigenvalue weighted by Gasteiger charge is -2.21. The number of carbonyl (C=O) groups is 1. The molecule has 0 bridgehead atoms. The molecule has 0 unspecified atom stereocenters. The average Bonchev–Trinajstić information content (AvgIpc) is 3.73. The van der Waals surface area contributed by atoms with Gasteiger partial charge in [-0.15, -0.1) is 0 Å². The molecule has 39 heavy (non-hydrogen) atoms. The Bertz CT molecular complexity index is 1780. The minimum absolute atomic E-state index is 0.0155. The van der Waals surface area contributed by atoms with Crippen LogP contribution in [0, 0.1) is 5.92 Å². The summed E-state index contributed by atoms with van der Waals surface area (Å²) in [5, 5.41) is 19.0. The summed E-state index contributed by atoms with van der Waals surface area (Å²) < 4.78 is 0. The van der Waals surface area contributed by atoms with E-state index in [1.54, 1.807) is 36.1 Å². The van der Waals surface area contributed by atoms with Crippen molar-refractivity contribution in [2.75, 3.05) is 18.4 Å². The molecule has 194 valence electrons. The lowest BCUT2D eigenvalue weighted by molar-refractivity contribution is -0.117. The molecule has 4 N–H and O–H groups in total. The molecule has 1 aliphatic rings. The number of fused-ring (bicyclic) bond motifs is 2. The maximum Gasteiger partial charge on any atom is 0.224 e. The minimum Gasteiger partial charge on any atom is -0.325 e. The zero-order valence-electron chi connectivity index (χ0n) is 20.9. The van der Waals surface area contributed by atoms with Crippen molar-refractivity contribution in [2.24, 2.45) is 5.92 Å². The number of imidazole rings is 1. The van der Waals surface area contributed by atoms with Gasteiger partial charge < -0.3 is 15.6 Å². The molecule has 0 spiro atoms. The molecule has 7 rings (SSSR count). The lowest BCUT2D eigenvalue weighted by Crippen LogP contribution is -2.30. The minimum atomic E-state index is 0.0155. The number of nitrogens with one attached hydrogen (secondary N) is 4. The summed E-state index contributed by atoms with van der Waals surface area (Å²) >= 11 is 1.65. The number of piperidine rings is 1. The van der Waals surface area contributed by atoms with E-state index in [1.165, 1.54) is 0 Å². The number of nitrogens with zero attached hydrogens (tertiary/aromatic N) is 5. The van der Waals surface area contributed by atoms with E-state index in [-0.39, 0.29) is 5.91 Å². The second kappa shape index (κ2) is 10.0. The highest BCUT2D eigenvalue weighted by Crippen LogP contribution is 2.32. The van der Waals surface area contributed by atoms with Crippen LogP contribution in [-0.2, 0) is 4.79 Å². The fraction of sp³-hybridized carbons (Fsp3) is 0.214. The van der Waals surface area contributed by atoms with Crippen LogP contribution in [0.1, 0.15) is 19.3 Å². The summed E-state index contributed by atoms with van der Waals surface area (Å²) in [6, 6.07) is 7.92. The number of aromatic nitrogens is 7. The average molecular weight is 536 g/mol. The molecule has 11 heteroatoms. The third-order valence-electron chi connectivity index (χ3n) is 7.14. The normalized spacial score (nSPS) is 14.3. The second-order valence-electron chi connectivity index (χ2n) is 9.75. The Balaban J connectivity index is 1.19. The topological polar surface area (TPSA) is 137 Å². The third-order valence-corrected chi connectivity index (χ3v) is 7.82. The van der Waals surface area contributed by atoms with Gasteiger partial charge in [-0.1, -0.05) is 0 Å². The van der Waals surface area contributed by atoms with Crippen molar-refractivity contribution in [3.63, 3.8) is 0 Å². The molecule has 0 atom stereocenters. The van der Waals surface area contributed by atoms with Gasteiger partial charge >= 0.3 is 0 Å². The van der Waals surface area contributed by atoms with Crippen molar-refractivity contribution in [1.29, 1.82) is 0 Å². The van der Waals surface area contributed by atoms with E-state index in [2.05, 4.69) is 57.6 Å². The van der Waals surface area contributed by atoms with E-state index in [0.717, 1.165) is 64.7 Å². The highest BCUT2D eigenvalue weighted by molar-refractivity contribution is 7.08. The van der Waals surface area contributed by atoms with Crippen LogP contribution in [0.25, 0.3) is 56.0 Å². The molecule has 0 radical (unpaired) electrons. The summed E-state index contributed by atoms with van der Waals surface area (Å²) in [6.45, 7) is 1.94. The molecule has 1 fully saturated rings. The molecule has 0 aliphatic carbocycles. The van der Waals surface area contributed by atoms with Crippen molar-refractivity contribution in [3.8, 4) is 33.9 Å². The molecule has 10 nitrogen and oxygen atoms in total. The van der Waals surface area contributed by atoms with Crippen molar-refractivity contribution < 1.29 is 4.79 Å². The smallest absolute Gasteiger partial charge is 0.224 e. The predicted octanol–water partition coefficient (Wildman–Crippen LogP) is 5.01. The van der Waals surface area contributed by atoms with Crippen LogP contribution in [0.15, 0.2) is 59.8 Å². The van der Waals surface area contributed by atoms with Crippen LogP contribution < -0.4 is 10.6 Å². The highest BCUT2D eigenvalue weighted by atomic mass is 32.1. The number of thiophene rings is 1. The number of hydrogen-bond acceptors (Lipinski definition) is 8. The first-order chi connectivity index (χ1) is 19.2. The van der Waals surface area contributed by atoms with Gasteiger partial charge in [-0.25, -0.2) is 9.97 Å². The second-order valence-corrected chi connectivity index (χ2v) is 10.5. The van der Waals surface area contributed by atoms with Gasteiger partial charge in [0.05, 0.1) is 29.3 Å². The fourth-order valence-electron chi connectivity index (χ4n) is 5.14. The van der Waals surface area contributed by atoms with E-state index < -0.39 is 0 Å². The van der Waals surface area contributed by atoms with E-state index in [0.29, 0.717) is 35.2 Å². The molecule has 7 heterocycles. The zero-order valence-corrected chi connectivity index (χ0v) is 21.8. The van der Waals surface area contributed by atoms with Crippen molar-refractivity contribution in [3.05, 3.63) is 59.8 Å². The summed E-state index contributed by atoms with van der Waals surface area (Å²) in [5.74, 6) is 1.06. The van der Waals surface area contributed by atoms with Crippen molar-refractivity contribution in [2.45, 2.75) is 19.3 Å². The van der Waals surface area contributed by atoms with Gasteiger partial charge in [-0.2, -0.15) is 16.4 Å². The number of aromatic amines is 2. The van der Waals surface area contributed by atoms with Gasteiger partial charge in [0.15, 0.2) is 11.5 Å². The Hall–Kier alpha value is -4.48. The van der Waals surface area contributed by atoms with Crippen LogP contribution in [0.5, 0.6) is 0 Å². The molecule has 1 aliphatic heterocycles. The van der Waals surface area contributed by atoms with Gasteiger partial charge in [0, 0.05) is 35.3 Å². The fourth-order valence-corrected chi connectivity index (χ4v) is 5.79. The molecule has 6 aromatic heterocycles. The maximum absolute atomic E-state index is 12.6. The Morgan fingerprint density at radius 1 is 1.08 bits per heavy atom. The highest BCUT2D eigenvalue weighted by Gasteiger charge is 2.19. The number of hydrogen-bond donors (Lipinski definition) is 4. The first-order valence-corrected chi connectivity index (χ1v) is 13.8. The molecule has 0 saturated carbocycles. The Kier molecular flexibility index (Phi) is 6.06. The monoisotopic (exact) mass is 535 g/mol. The van der Waals surface area contributed by atoms with Crippen LogP contribution in [0.2, 0.25) is 0 Å². The van der Waals surface area contributed by atoms with Crippen LogP contribution >= 0.6 is 11.3 Å². The summed E-state index contributed by atoms with van der Waals surface area (Å²) in [7, 11) is 0. The molecular weight excluding hydrogens is 510 g/mol. The summed E-state index contributed by atoms with van der Waals surface area (Å²) in [5.41, 5.74) is 7.29. The lowest BCUT2D eigenvalue weighted by atomic mass is 9.94. The van der Waals surface area contributed by atoms with Crippen LogP contribution in [-0.4, -0.2) is 54.1 Å². The maximum atomic E-state index is 12.6. The molecular formula is C28H25N9OS. The number of pyridine rings is 3. The van der Waals surface area contributed by atoms with E-state index in [9.17, 15) is 4.79 Å². The molecule has 1 amide bonds. The summed E-state index contributed by atoms with van der Waals surface area (Å²) in [6.07, 6.45) is 9.52. The Morgan fingerprint density at radius 2 is 2.00 bits per heavy atom. The third kappa shape index (κ3) is 4.66. The standard InChI is InChI=1S/C28H25N9OS/c38-24(9-16-1-5-29-6-2-16)33-19-10-18(12-30-13-19)22-11-21-23(14-32-22)36-37-26(21)28-34-25-20(17-4-8-39-15-17)3-7-31-27(25)35-28/h3-4,7-8,10-16,29H,1-2,5-6,9H2,(H,33,38)(H,36,37)(H,31,34,35). The Labute approximate surface area is 227 Å². The predicted molar refractivity (Wildman–Crippen MR) is 152 cm³/mol. The first kappa shape index (κ1) is 23.6. The molecule has 0 aromatic carbocycles. The number of anilines is 1. The number of amides is 1. The number of H-pyrrole nitrogens is 2. The van der Waals surface area contributed by atoms with E-state index >= 15 is 0 Å². The quantitative estimate of drug-likeness (QED) is 0.235.